The zero-order valence-corrected chi connectivity index (χ0v) is 7.46. The Bertz CT molecular complexity index is 73.5. The van der Waals surface area contributed by atoms with Crippen LogP contribution in [-0.2, 0) is 0 Å². The summed E-state index contributed by atoms with van der Waals surface area (Å²) in [5.74, 6) is 1.02. The highest BCUT2D eigenvalue weighted by molar-refractivity contribution is 7.99. The van der Waals surface area contributed by atoms with Gasteiger partial charge in [0.05, 0.1) is 5.44 Å². The predicted molar refractivity (Wildman–Crippen MR) is 43.6 cm³/mol. The normalized spacial score (nSPS) is 15.7. The Balaban J connectivity index is 3.28. The number of aliphatic hydroxyl groups is 1. The number of thioether (sulfide) groups is 1. The van der Waals surface area contributed by atoms with Crippen LogP contribution in [0.2, 0.25) is 0 Å². The molecule has 0 radical (unpaired) electrons. The van der Waals surface area contributed by atoms with Crippen molar-refractivity contribution in [3.05, 3.63) is 0 Å². The van der Waals surface area contributed by atoms with Crippen molar-refractivity contribution in [3.8, 4) is 0 Å². The smallest absolute Gasteiger partial charge is 0.0964 e. The van der Waals surface area contributed by atoms with E-state index in [4.69, 9.17) is 5.11 Å². The largest absolute Gasteiger partial charge is 0.383 e. The van der Waals surface area contributed by atoms with E-state index in [9.17, 15) is 0 Å². The van der Waals surface area contributed by atoms with Gasteiger partial charge in [-0.1, -0.05) is 20.8 Å². The van der Waals surface area contributed by atoms with Crippen molar-refractivity contribution < 1.29 is 5.11 Å². The van der Waals surface area contributed by atoms with Gasteiger partial charge in [0, 0.05) is 5.75 Å². The minimum Gasteiger partial charge on any atom is -0.383 e. The summed E-state index contributed by atoms with van der Waals surface area (Å²) < 4.78 is 0. The van der Waals surface area contributed by atoms with Crippen LogP contribution in [-0.4, -0.2) is 16.3 Å². The zero-order chi connectivity index (χ0) is 7.49. The lowest BCUT2D eigenvalue weighted by molar-refractivity contribution is 0.282. The summed E-state index contributed by atoms with van der Waals surface area (Å²) in [6.45, 7) is 8.31. The minimum absolute atomic E-state index is 0.218. The van der Waals surface area contributed by atoms with Gasteiger partial charge in [0.1, 0.15) is 0 Å². The fraction of sp³-hybridized carbons (Fsp3) is 1.00. The molecule has 0 aliphatic carbocycles. The molecule has 0 aromatic carbocycles. The summed E-state index contributed by atoms with van der Waals surface area (Å²) in [5.41, 5.74) is 0.117. The van der Waals surface area contributed by atoms with Gasteiger partial charge in [-0.25, -0.2) is 0 Å². The molecule has 0 aromatic rings. The Labute approximate surface area is 61.8 Å². The molecule has 0 heterocycles. The van der Waals surface area contributed by atoms with Crippen LogP contribution in [0.3, 0.4) is 0 Å². The van der Waals surface area contributed by atoms with Gasteiger partial charge in [-0.15, -0.1) is 11.8 Å². The van der Waals surface area contributed by atoms with Gasteiger partial charge < -0.3 is 5.11 Å². The Morgan fingerprint density at radius 1 is 1.44 bits per heavy atom. The molecule has 1 unspecified atom stereocenters. The molecule has 0 amide bonds. The van der Waals surface area contributed by atoms with Crippen molar-refractivity contribution in [2.24, 2.45) is 5.41 Å². The van der Waals surface area contributed by atoms with Crippen LogP contribution >= 0.6 is 11.8 Å². The van der Waals surface area contributed by atoms with E-state index < -0.39 is 0 Å². The predicted octanol–water partition coefficient (Wildman–Crippen LogP) is 2.10. The monoisotopic (exact) mass is 148 g/mol. The van der Waals surface area contributed by atoms with E-state index in [1.165, 1.54) is 0 Å². The van der Waals surface area contributed by atoms with Crippen molar-refractivity contribution in [3.63, 3.8) is 0 Å². The molecule has 2 heteroatoms. The summed E-state index contributed by atoms with van der Waals surface area (Å²) in [6.07, 6.45) is 0. The standard InChI is InChI=1S/C7H16OS/c1-6(8)9-5-7(2,3)4/h6,8H,5H2,1-4H3. The molecule has 0 bridgehead atoms. The summed E-state index contributed by atoms with van der Waals surface area (Å²) >= 11 is 1.59. The summed E-state index contributed by atoms with van der Waals surface area (Å²) in [5, 5.41) is 8.88. The first-order valence-electron chi connectivity index (χ1n) is 3.21. The van der Waals surface area contributed by atoms with Gasteiger partial charge in [-0.2, -0.15) is 0 Å². The third kappa shape index (κ3) is 8.31. The first kappa shape index (κ1) is 9.31. The van der Waals surface area contributed by atoms with Gasteiger partial charge in [-0.05, 0) is 12.3 Å². The van der Waals surface area contributed by atoms with Crippen LogP contribution in [0.15, 0.2) is 0 Å². The van der Waals surface area contributed by atoms with Gasteiger partial charge in [0.2, 0.25) is 0 Å². The molecule has 0 spiro atoms. The van der Waals surface area contributed by atoms with E-state index in [0.717, 1.165) is 5.75 Å². The first-order valence-corrected chi connectivity index (χ1v) is 4.26. The lowest BCUT2D eigenvalue weighted by atomic mass is 10.0. The maximum atomic E-state index is 8.88. The second-order valence-electron chi connectivity index (χ2n) is 3.47. The number of aliphatic hydroxyl groups excluding tert-OH is 1. The molecule has 0 aliphatic rings. The number of hydrogen-bond acceptors (Lipinski definition) is 2. The fourth-order valence-electron chi connectivity index (χ4n) is 0.371. The highest BCUT2D eigenvalue weighted by atomic mass is 32.2. The molecular weight excluding hydrogens is 132 g/mol. The zero-order valence-electron chi connectivity index (χ0n) is 6.64. The maximum Gasteiger partial charge on any atom is 0.0964 e. The minimum atomic E-state index is -0.218. The molecule has 1 atom stereocenters. The Morgan fingerprint density at radius 2 is 1.89 bits per heavy atom. The third-order valence-electron chi connectivity index (χ3n) is 0.758. The molecule has 0 rings (SSSR count). The van der Waals surface area contributed by atoms with E-state index in [2.05, 4.69) is 20.8 Å². The van der Waals surface area contributed by atoms with Crippen molar-refractivity contribution in [2.75, 3.05) is 5.75 Å². The van der Waals surface area contributed by atoms with E-state index >= 15 is 0 Å². The quantitative estimate of drug-likeness (QED) is 0.605. The first-order chi connectivity index (χ1) is 3.92. The summed E-state index contributed by atoms with van der Waals surface area (Å²) in [7, 11) is 0. The molecule has 0 fully saturated rings. The van der Waals surface area contributed by atoms with Crippen LogP contribution in [0, 0.1) is 5.41 Å². The SMILES string of the molecule is CC(O)SCC(C)(C)C. The third-order valence-corrected chi connectivity index (χ3v) is 2.27. The van der Waals surface area contributed by atoms with Crippen molar-refractivity contribution in [1.82, 2.24) is 0 Å². The number of rotatable bonds is 2. The number of hydrogen-bond donors (Lipinski definition) is 1. The van der Waals surface area contributed by atoms with E-state index in [-0.39, 0.29) is 5.44 Å². The molecule has 1 nitrogen and oxygen atoms in total. The second-order valence-corrected chi connectivity index (χ2v) is 4.78. The molecule has 56 valence electrons. The molecule has 1 N–H and O–H groups in total. The van der Waals surface area contributed by atoms with Crippen LogP contribution in [0.5, 0.6) is 0 Å². The molecule has 0 saturated heterocycles. The molecule has 0 aliphatic heterocycles. The van der Waals surface area contributed by atoms with E-state index in [1.807, 2.05) is 0 Å². The van der Waals surface area contributed by atoms with E-state index in [1.54, 1.807) is 18.7 Å². The van der Waals surface area contributed by atoms with E-state index in [0.29, 0.717) is 5.41 Å². The van der Waals surface area contributed by atoms with Crippen molar-refractivity contribution >= 4 is 11.8 Å². The second kappa shape index (κ2) is 3.47. The molecule has 0 aromatic heterocycles. The van der Waals surface area contributed by atoms with Crippen LogP contribution in [0.1, 0.15) is 27.7 Å². The van der Waals surface area contributed by atoms with Crippen molar-refractivity contribution in [2.45, 2.75) is 33.1 Å². The average molecular weight is 148 g/mol. The average Bonchev–Trinajstić information content (AvgIpc) is 1.59. The lowest BCUT2D eigenvalue weighted by Crippen LogP contribution is -2.10. The fourth-order valence-corrected chi connectivity index (χ4v) is 1.11. The molecule has 0 saturated carbocycles. The van der Waals surface area contributed by atoms with Crippen LogP contribution < -0.4 is 0 Å². The van der Waals surface area contributed by atoms with Gasteiger partial charge >= 0.3 is 0 Å². The Kier molecular flexibility index (Phi) is 3.59. The topological polar surface area (TPSA) is 20.2 Å². The Hall–Kier alpha value is 0.310. The molecule has 9 heavy (non-hydrogen) atoms. The summed E-state index contributed by atoms with van der Waals surface area (Å²) in [4.78, 5) is 0. The highest BCUT2D eigenvalue weighted by Crippen LogP contribution is 2.22. The lowest BCUT2D eigenvalue weighted by Gasteiger charge is -2.17. The van der Waals surface area contributed by atoms with Crippen LogP contribution in [0.25, 0.3) is 0 Å². The van der Waals surface area contributed by atoms with Crippen molar-refractivity contribution in [1.29, 1.82) is 0 Å². The van der Waals surface area contributed by atoms with Gasteiger partial charge in [0.25, 0.3) is 0 Å². The molecular formula is C7H16OS. The summed E-state index contributed by atoms with van der Waals surface area (Å²) in [6, 6.07) is 0. The van der Waals surface area contributed by atoms with Crippen LogP contribution in [0.4, 0.5) is 0 Å². The van der Waals surface area contributed by atoms with Gasteiger partial charge in [0.15, 0.2) is 0 Å². The maximum absolute atomic E-state index is 8.88. The van der Waals surface area contributed by atoms with Gasteiger partial charge in [-0.3, -0.25) is 0 Å². The highest BCUT2D eigenvalue weighted by Gasteiger charge is 2.10. The Morgan fingerprint density at radius 3 is 2.00 bits per heavy atom.